The number of rotatable bonds is 10. The number of hydrogen-bond acceptors (Lipinski definition) is 4. The Morgan fingerprint density at radius 3 is 1.46 bits per heavy atom. The van der Waals surface area contributed by atoms with Crippen LogP contribution in [0.4, 0.5) is 0 Å². The highest BCUT2D eigenvalue weighted by molar-refractivity contribution is 6.25. The molecule has 5 nitrogen and oxygen atoms in total. The minimum absolute atomic E-state index is 0. The zero-order valence-electron chi connectivity index (χ0n) is 16.2. The lowest BCUT2D eigenvalue weighted by molar-refractivity contribution is -0.139. The van der Waals surface area contributed by atoms with Crippen LogP contribution in [-0.2, 0) is 17.2 Å². The normalized spacial score (nSPS) is 18.6. The summed E-state index contributed by atoms with van der Waals surface area (Å²) >= 11 is -0.978. The van der Waals surface area contributed by atoms with Crippen molar-refractivity contribution in [2.75, 3.05) is 0 Å². The van der Waals surface area contributed by atoms with E-state index in [2.05, 4.69) is 0 Å². The van der Waals surface area contributed by atoms with Crippen molar-refractivity contribution in [3.63, 3.8) is 0 Å². The predicted molar refractivity (Wildman–Crippen MR) is 102 cm³/mol. The van der Waals surface area contributed by atoms with Gasteiger partial charge in [0, 0.05) is 12.8 Å². The maximum absolute atomic E-state index is 11.7. The lowest BCUT2D eigenvalue weighted by Crippen LogP contribution is -2.16. The SMILES string of the molecule is O.O=C(CCCC1CCCCC1)[O][Al][O]C(=O)CCCC1CCCCC1. The Bertz CT molecular complexity index is 354. The van der Waals surface area contributed by atoms with E-state index in [1.165, 1.54) is 64.2 Å². The minimum Gasteiger partial charge on any atom is -0.589 e. The van der Waals surface area contributed by atoms with Gasteiger partial charge >= 0.3 is 15.9 Å². The molecule has 2 fully saturated rings. The van der Waals surface area contributed by atoms with Gasteiger partial charge < -0.3 is 13.1 Å². The molecule has 2 aliphatic rings. The summed E-state index contributed by atoms with van der Waals surface area (Å²) in [4.78, 5) is 23.4. The Morgan fingerprint density at radius 1 is 0.692 bits per heavy atom. The zero-order valence-corrected chi connectivity index (χ0v) is 17.3. The number of hydrogen-bond donors (Lipinski definition) is 0. The van der Waals surface area contributed by atoms with Gasteiger partial charge in [-0.2, -0.15) is 0 Å². The van der Waals surface area contributed by atoms with Crippen LogP contribution in [0.3, 0.4) is 0 Å². The van der Waals surface area contributed by atoms with Crippen LogP contribution in [0.15, 0.2) is 0 Å². The summed E-state index contributed by atoms with van der Waals surface area (Å²) in [6, 6.07) is 0. The molecule has 149 valence electrons. The van der Waals surface area contributed by atoms with Gasteiger partial charge in [-0.3, -0.25) is 9.59 Å². The summed E-state index contributed by atoms with van der Waals surface area (Å²) in [6.07, 6.45) is 18.4. The first kappa shape index (κ1) is 23.5. The van der Waals surface area contributed by atoms with Crippen LogP contribution in [0, 0.1) is 11.8 Å². The van der Waals surface area contributed by atoms with Crippen molar-refractivity contribution in [3.8, 4) is 0 Å². The Labute approximate surface area is 165 Å². The summed E-state index contributed by atoms with van der Waals surface area (Å²) in [5.74, 6) is 1.19. The van der Waals surface area contributed by atoms with Gasteiger partial charge in [0.05, 0.1) is 0 Å². The molecule has 0 bridgehead atoms. The third-order valence-electron chi connectivity index (χ3n) is 5.80. The standard InChI is InChI=1S/2C10H18O2.Al.H2O/c2*11-10(12)8-4-7-9-5-2-1-3-6-9;;/h2*9H,1-8H2,(H,11,12);;1H2/q;;+2;/p-2. The molecule has 2 aliphatic carbocycles. The Balaban J connectivity index is 0.00000338. The van der Waals surface area contributed by atoms with Crippen LogP contribution in [-0.4, -0.2) is 33.3 Å². The predicted octanol–water partition coefficient (Wildman–Crippen LogP) is 4.28. The van der Waals surface area contributed by atoms with Crippen molar-refractivity contribution in [1.29, 1.82) is 0 Å². The van der Waals surface area contributed by atoms with Gasteiger partial charge in [-0.05, 0) is 37.5 Å². The fourth-order valence-corrected chi connectivity index (χ4v) is 4.77. The van der Waals surface area contributed by atoms with Gasteiger partial charge in [0.1, 0.15) is 0 Å². The quantitative estimate of drug-likeness (QED) is 0.527. The van der Waals surface area contributed by atoms with Crippen molar-refractivity contribution in [1.82, 2.24) is 0 Å². The Morgan fingerprint density at radius 2 is 1.08 bits per heavy atom. The number of carbonyl (C=O) groups excluding carboxylic acids is 2. The molecule has 26 heavy (non-hydrogen) atoms. The molecule has 2 N–H and O–H groups in total. The van der Waals surface area contributed by atoms with Crippen LogP contribution >= 0.6 is 0 Å². The third-order valence-corrected chi connectivity index (χ3v) is 6.51. The molecule has 0 aromatic carbocycles. The van der Waals surface area contributed by atoms with E-state index in [0.717, 1.165) is 37.5 Å². The molecular weight excluding hydrogens is 347 g/mol. The maximum Gasteiger partial charge on any atom is 0.885 e. The first-order chi connectivity index (χ1) is 12.2. The average Bonchev–Trinajstić information content (AvgIpc) is 2.63. The summed E-state index contributed by atoms with van der Waals surface area (Å²) in [6.45, 7) is 0. The van der Waals surface area contributed by atoms with E-state index in [9.17, 15) is 9.59 Å². The highest BCUT2D eigenvalue weighted by Crippen LogP contribution is 2.28. The first-order valence-electron chi connectivity index (χ1n) is 10.4. The van der Waals surface area contributed by atoms with Gasteiger partial charge in [-0.15, -0.1) is 0 Å². The summed E-state index contributed by atoms with van der Waals surface area (Å²) in [7, 11) is 0. The second-order valence-corrected chi connectivity index (χ2v) is 8.53. The molecule has 0 unspecified atom stereocenters. The molecule has 2 rings (SSSR count). The topological polar surface area (TPSA) is 84.1 Å². The highest BCUT2D eigenvalue weighted by Gasteiger charge is 2.17. The van der Waals surface area contributed by atoms with Crippen LogP contribution in [0.1, 0.15) is 103 Å². The second-order valence-electron chi connectivity index (χ2n) is 7.87. The number of carbonyl (C=O) groups is 2. The van der Waals surface area contributed by atoms with E-state index in [4.69, 9.17) is 7.58 Å². The minimum atomic E-state index is -0.978. The Hall–Kier alpha value is -0.568. The third kappa shape index (κ3) is 10.5. The van der Waals surface area contributed by atoms with E-state index in [1.54, 1.807) is 0 Å². The fraction of sp³-hybridized carbons (Fsp3) is 0.900. The summed E-state index contributed by atoms with van der Waals surface area (Å²) in [5.41, 5.74) is 0. The first-order valence-corrected chi connectivity index (χ1v) is 11.4. The molecule has 0 spiro atoms. The summed E-state index contributed by atoms with van der Waals surface area (Å²) < 4.78 is 10.2. The molecule has 0 atom stereocenters. The van der Waals surface area contributed by atoms with E-state index in [-0.39, 0.29) is 17.4 Å². The smallest absolute Gasteiger partial charge is 0.589 e. The maximum atomic E-state index is 11.7. The highest BCUT2D eigenvalue weighted by atomic mass is 27.2. The fourth-order valence-electron chi connectivity index (χ4n) is 4.27. The van der Waals surface area contributed by atoms with Crippen molar-refractivity contribution < 1.29 is 22.6 Å². The van der Waals surface area contributed by atoms with Crippen molar-refractivity contribution in [2.24, 2.45) is 11.8 Å². The van der Waals surface area contributed by atoms with Crippen molar-refractivity contribution >= 4 is 27.8 Å². The van der Waals surface area contributed by atoms with Crippen LogP contribution in [0.2, 0.25) is 0 Å². The molecule has 2 saturated carbocycles. The second kappa shape index (κ2) is 14.5. The molecular formula is C20H36AlO5. The van der Waals surface area contributed by atoms with Gasteiger partial charge in [-0.1, -0.05) is 64.2 Å². The van der Waals surface area contributed by atoms with Crippen molar-refractivity contribution in [3.05, 3.63) is 0 Å². The van der Waals surface area contributed by atoms with Gasteiger partial charge in [0.2, 0.25) is 0 Å². The molecule has 0 saturated heterocycles. The van der Waals surface area contributed by atoms with Crippen LogP contribution in [0.25, 0.3) is 0 Å². The zero-order chi connectivity index (χ0) is 17.7. The average molecular weight is 383 g/mol. The molecule has 1 radical (unpaired) electrons. The van der Waals surface area contributed by atoms with E-state index in [1.807, 2.05) is 0 Å². The van der Waals surface area contributed by atoms with E-state index < -0.39 is 15.9 Å². The summed E-state index contributed by atoms with van der Waals surface area (Å²) in [5, 5.41) is 0. The molecule has 0 aromatic heterocycles. The molecule has 0 amide bonds. The van der Waals surface area contributed by atoms with Crippen molar-refractivity contribution in [2.45, 2.75) is 103 Å². The van der Waals surface area contributed by atoms with E-state index in [0.29, 0.717) is 12.8 Å². The lowest BCUT2D eigenvalue weighted by Gasteiger charge is -2.21. The van der Waals surface area contributed by atoms with Gasteiger partial charge in [0.25, 0.3) is 11.9 Å². The van der Waals surface area contributed by atoms with Crippen LogP contribution < -0.4 is 0 Å². The molecule has 0 heterocycles. The molecule has 0 aromatic rings. The van der Waals surface area contributed by atoms with Crippen LogP contribution in [0.5, 0.6) is 0 Å². The van der Waals surface area contributed by atoms with Gasteiger partial charge in [-0.25, -0.2) is 0 Å². The van der Waals surface area contributed by atoms with E-state index >= 15 is 0 Å². The monoisotopic (exact) mass is 383 g/mol. The molecule has 0 aliphatic heterocycles. The molecule has 6 heteroatoms. The lowest BCUT2D eigenvalue weighted by atomic mass is 9.86. The van der Waals surface area contributed by atoms with Gasteiger partial charge in [0.15, 0.2) is 0 Å². The Kier molecular flexibility index (Phi) is 13.1. The largest absolute Gasteiger partial charge is 0.885 e.